The lowest BCUT2D eigenvalue weighted by atomic mass is 10.2. The second-order valence-electron chi connectivity index (χ2n) is 8.89. The lowest BCUT2D eigenvalue weighted by molar-refractivity contribution is 0.0642. The van der Waals surface area contributed by atoms with Crippen LogP contribution in [0.15, 0.2) is 72.8 Å². The number of benzene rings is 2. The first kappa shape index (κ1) is 27.2. The molecule has 39 heavy (non-hydrogen) atoms. The van der Waals surface area contributed by atoms with Gasteiger partial charge < -0.3 is 39.6 Å². The van der Waals surface area contributed by atoms with E-state index in [0.717, 1.165) is 23.3 Å². The maximum absolute atomic E-state index is 12.9. The van der Waals surface area contributed by atoms with Crippen molar-refractivity contribution in [2.24, 2.45) is 0 Å². The molecule has 2 heterocycles. The van der Waals surface area contributed by atoms with Crippen LogP contribution in [0.2, 0.25) is 0 Å². The van der Waals surface area contributed by atoms with Gasteiger partial charge in [-0.15, -0.1) is 4.73 Å². The Morgan fingerprint density at radius 2 is 1.21 bits per heavy atom. The van der Waals surface area contributed by atoms with Crippen molar-refractivity contribution in [2.75, 3.05) is 26.2 Å². The van der Waals surface area contributed by atoms with Crippen molar-refractivity contribution in [1.82, 2.24) is 19.8 Å². The molecule has 1 aliphatic rings. The van der Waals surface area contributed by atoms with Crippen molar-refractivity contribution in [1.29, 1.82) is 0 Å². The highest BCUT2D eigenvalue weighted by Crippen LogP contribution is 2.19. The van der Waals surface area contributed by atoms with Crippen molar-refractivity contribution < 1.29 is 38.9 Å². The number of ether oxygens (including phenoxy) is 2. The van der Waals surface area contributed by atoms with E-state index in [2.05, 4.69) is 5.32 Å². The highest BCUT2D eigenvalue weighted by molar-refractivity contribution is 5.71. The number of aromatic nitrogens is 1. The van der Waals surface area contributed by atoms with Gasteiger partial charge in [-0.3, -0.25) is 0 Å². The summed E-state index contributed by atoms with van der Waals surface area (Å²) in [6.45, 7) is 0.718. The molecular formula is C27H30N4O8. The van der Waals surface area contributed by atoms with E-state index >= 15 is 0 Å². The molecule has 12 nitrogen and oxygen atoms in total. The van der Waals surface area contributed by atoms with Gasteiger partial charge >= 0.3 is 18.3 Å². The number of carbonyl (C=O) groups excluding carboxylic acids is 3. The Balaban J connectivity index is 1.42. The van der Waals surface area contributed by atoms with Gasteiger partial charge in [-0.2, -0.15) is 0 Å². The van der Waals surface area contributed by atoms with Crippen LogP contribution in [0, 0.1) is 0 Å². The van der Waals surface area contributed by atoms with E-state index < -0.39 is 36.1 Å². The van der Waals surface area contributed by atoms with Crippen molar-refractivity contribution >= 4 is 18.3 Å². The average Bonchev–Trinajstić information content (AvgIpc) is 3.24. The summed E-state index contributed by atoms with van der Waals surface area (Å²) in [5.74, 6) is -0.977. The van der Waals surface area contributed by atoms with Crippen LogP contribution in [0.25, 0.3) is 0 Å². The number of hydrogen-bond donors (Lipinski definition) is 3. The van der Waals surface area contributed by atoms with E-state index in [9.17, 15) is 24.6 Å². The molecule has 3 aromatic rings. The van der Waals surface area contributed by atoms with Gasteiger partial charge in [0.2, 0.25) is 11.8 Å². The monoisotopic (exact) mass is 538 g/mol. The Bertz CT molecular complexity index is 1170. The molecule has 0 atom stereocenters. The zero-order valence-electron chi connectivity index (χ0n) is 21.1. The van der Waals surface area contributed by atoms with Crippen LogP contribution < -0.4 is 10.2 Å². The molecular weight excluding hydrogens is 508 g/mol. The van der Waals surface area contributed by atoms with E-state index in [0.29, 0.717) is 11.2 Å². The third-order valence-electron chi connectivity index (χ3n) is 5.96. The maximum atomic E-state index is 12.9. The Morgan fingerprint density at radius 1 is 0.744 bits per heavy atom. The number of rotatable bonds is 6. The molecule has 3 amide bonds. The highest BCUT2D eigenvalue weighted by atomic mass is 16.7. The minimum atomic E-state index is -1.02. The van der Waals surface area contributed by atoms with E-state index in [4.69, 9.17) is 14.3 Å². The molecule has 0 bridgehead atoms. The van der Waals surface area contributed by atoms with E-state index in [1.54, 1.807) is 0 Å². The van der Waals surface area contributed by atoms with Crippen LogP contribution in [0.3, 0.4) is 0 Å². The Morgan fingerprint density at radius 3 is 1.67 bits per heavy atom. The van der Waals surface area contributed by atoms with Crippen molar-refractivity contribution in [3.05, 3.63) is 83.9 Å². The number of nitrogens with zero attached hydrogens (tertiary/aromatic N) is 3. The summed E-state index contributed by atoms with van der Waals surface area (Å²) in [4.78, 5) is 46.2. The molecule has 3 N–H and O–H groups in total. The molecule has 206 valence electrons. The lowest BCUT2D eigenvalue weighted by Crippen LogP contribution is -2.55. The van der Waals surface area contributed by atoms with Gasteiger partial charge in [-0.05, 0) is 17.5 Å². The summed E-state index contributed by atoms with van der Waals surface area (Å²) in [6, 6.07) is 20.0. The van der Waals surface area contributed by atoms with Crippen LogP contribution in [0.1, 0.15) is 17.5 Å². The first-order valence-electron chi connectivity index (χ1n) is 12.4. The standard InChI is InChI=1S/C27H30N4O8/c32-23-12-13-24(33)31(23)39-25(34)28-22-16-29(26(35)37-18-20-8-3-1-4-9-20)14-7-15-30(17-22)27(36)38-19-21-10-5-2-6-11-21/h1-6,8-13,22,32-33H,7,14-19H2,(H,28,34). The fourth-order valence-corrected chi connectivity index (χ4v) is 4.04. The first-order chi connectivity index (χ1) is 18.9. The lowest BCUT2D eigenvalue weighted by Gasteiger charge is -2.34. The maximum Gasteiger partial charge on any atom is 0.432 e. The second-order valence-corrected chi connectivity index (χ2v) is 8.89. The van der Waals surface area contributed by atoms with Gasteiger partial charge in [0.25, 0.3) is 0 Å². The summed E-state index contributed by atoms with van der Waals surface area (Å²) in [7, 11) is 0. The van der Waals surface area contributed by atoms with Crippen molar-refractivity contribution in [2.45, 2.75) is 25.7 Å². The van der Waals surface area contributed by atoms with Crippen molar-refractivity contribution in [3.8, 4) is 11.8 Å². The Labute approximate surface area is 224 Å². The zero-order chi connectivity index (χ0) is 27.6. The normalized spacial score (nSPS) is 14.2. The van der Waals surface area contributed by atoms with Gasteiger partial charge in [-0.1, -0.05) is 60.7 Å². The van der Waals surface area contributed by atoms with Crippen LogP contribution in [0.5, 0.6) is 11.8 Å². The van der Waals surface area contributed by atoms with E-state index in [1.807, 2.05) is 60.7 Å². The van der Waals surface area contributed by atoms with Gasteiger partial charge in [0.05, 0.1) is 6.04 Å². The quantitative estimate of drug-likeness (QED) is 0.435. The summed E-state index contributed by atoms with van der Waals surface area (Å²) < 4.78 is 11.5. The molecule has 1 aromatic heterocycles. The van der Waals surface area contributed by atoms with Gasteiger partial charge in [0.1, 0.15) is 13.2 Å². The highest BCUT2D eigenvalue weighted by Gasteiger charge is 2.29. The molecule has 0 spiro atoms. The fourth-order valence-electron chi connectivity index (χ4n) is 4.04. The molecule has 4 rings (SSSR count). The number of nitrogens with one attached hydrogen (secondary N) is 1. The molecule has 0 unspecified atom stereocenters. The number of amides is 3. The van der Waals surface area contributed by atoms with Crippen LogP contribution in [-0.4, -0.2) is 75.2 Å². The summed E-state index contributed by atoms with van der Waals surface area (Å²) in [5, 5.41) is 22.1. The minimum Gasteiger partial charge on any atom is -0.492 e. The molecule has 0 saturated carbocycles. The molecule has 1 aliphatic heterocycles. The first-order valence-corrected chi connectivity index (χ1v) is 12.4. The van der Waals surface area contributed by atoms with E-state index in [1.165, 1.54) is 9.80 Å². The predicted molar refractivity (Wildman–Crippen MR) is 138 cm³/mol. The molecule has 0 aliphatic carbocycles. The van der Waals surface area contributed by atoms with Crippen LogP contribution in [-0.2, 0) is 22.7 Å². The minimum absolute atomic E-state index is 0.00876. The molecule has 0 radical (unpaired) electrons. The fraction of sp³-hybridized carbons (Fsp3) is 0.296. The average molecular weight is 539 g/mol. The second kappa shape index (κ2) is 13.1. The summed E-state index contributed by atoms with van der Waals surface area (Å²) in [6.07, 6.45) is -1.69. The Kier molecular flexibility index (Phi) is 9.11. The van der Waals surface area contributed by atoms with Gasteiger partial charge in [0, 0.05) is 38.3 Å². The van der Waals surface area contributed by atoms with Crippen LogP contribution >= 0.6 is 0 Å². The van der Waals surface area contributed by atoms with Crippen LogP contribution in [0.4, 0.5) is 14.4 Å². The number of carbonyl (C=O) groups is 3. The van der Waals surface area contributed by atoms with Crippen molar-refractivity contribution in [3.63, 3.8) is 0 Å². The largest absolute Gasteiger partial charge is 0.492 e. The predicted octanol–water partition coefficient (Wildman–Crippen LogP) is 3.09. The third kappa shape index (κ3) is 7.81. The smallest absolute Gasteiger partial charge is 0.432 e. The molecule has 1 fully saturated rings. The summed E-state index contributed by atoms with van der Waals surface area (Å²) in [5.41, 5.74) is 1.66. The third-order valence-corrected chi connectivity index (χ3v) is 5.96. The molecule has 1 saturated heterocycles. The topological polar surface area (TPSA) is 143 Å². The molecule has 2 aromatic carbocycles. The number of aromatic hydroxyl groups is 2. The van der Waals surface area contributed by atoms with Gasteiger partial charge in [-0.25, -0.2) is 14.4 Å². The Hall–Kier alpha value is -4.87. The van der Waals surface area contributed by atoms with Gasteiger partial charge in [0.15, 0.2) is 0 Å². The SMILES string of the molecule is O=C(NC1CN(C(=O)OCc2ccccc2)CCCN(C(=O)OCc2ccccc2)C1)On1c(O)ccc1O. The molecule has 12 heteroatoms. The number of hydrogen-bond acceptors (Lipinski definition) is 8. The summed E-state index contributed by atoms with van der Waals surface area (Å²) >= 11 is 0. The van der Waals surface area contributed by atoms with E-state index in [-0.39, 0.29) is 39.4 Å². The zero-order valence-corrected chi connectivity index (χ0v) is 21.1.